The van der Waals surface area contributed by atoms with E-state index in [9.17, 15) is 8.60 Å². The monoisotopic (exact) mass is 277 g/mol. The zero-order valence-corrected chi connectivity index (χ0v) is 11.5. The second-order valence-electron chi connectivity index (χ2n) is 4.41. The molecule has 1 unspecified atom stereocenters. The minimum atomic E-state index is -1.23. The first-order chi connectivity index (χ1) is 9.10. The van der Waals surface area contributed by atoms with Gasteiger partial charge < -0.3 is 5.73 Å². The number of hydrogen-bond acceptors (Lipinski definition) is 2. The van der Waals surface area contributed by atoms with Gasteiger partial charge in [0, 0.05) is 11.4 Å². The molecule has 0 bridgehead atoms. The summed E-state index contributed by atoms with van der Waals surface area (Å²) in [6, 6.07) is 11.8. The first-order valence-electron chi connectivity index (χ1n) is 6.02. The Labute approximate surface area is 114 Å². The number of nitrogens with two attached hydrogens (primary N) is 1. The molecule has 0 fully saturated rings. The van der Waals surface area contributed by atoms with Crippen molar-refractivity contribution in [3.05, 3.63) is 65.0 Å². The lowest BCUT2D eigenvalue weighted by Crippen LogP contribution is -2.01. The maximum atomic E-state index is 13.1. The lowest BCUT2D eigenvalue weighted by molar-refractivity contribution is 0.622. The lowest BCUT2D eigenvalue weighted by atomic mass is 10.1. The van der Waals surface area contributed by atoms with Gasteiger partial charge in [0.15, 0.2) is 0 Å². The van der Waals surface area contributed by atoms with E-state index in [0.29, 0.717) is 17.2 Å². The van der Waals surface area contributed by atoms with Crippen LogP contribution in [0.5, 0.6) is 0 Å². The molecule has 2 rings (SSSR count). The van der Waals surface area contributed by atoms with Gasteiger partial charge in [-0.25, -0.2) is 4.39 Å². The summed E-state index contributed by atoms with van der Waals surface area (Å²) in [5.41, 5.74) is 8.69. The maximum Gasteiger partial charge on any atom is 0.124 e. The summed E-state index contributed by atoms with van der Waals surface area (Å²) in [6.45, 7) is 2.46. The molecule has 2 N–H and O–H groups in total. The zero-order chi connectivity index (χ0) is 13.8. The van der Waals surface area contributed by atoms with Crippen LogP contribution in [0.4, 0.5) is 4.39 Å². The van der Waals surface area contributed by atoms with Gasteiger partial charge in [-0.3, -0.25) is 4.21 Å². The van der Waals surface area contributed by atoms with Crippen molar-refractivity contribution in [2.75, 3.05) is 0 Å². The Hall–Kier alpha value is -1.52. The smallest absolute Gasteiger partial charge is 0.124 e. The molecule has 0 radical (unpaired) electrons. The van der Waals surface area contributed by atoms with Gasteiger partial charge >= 0.3 is 0 Å². The standard InChI is InChI=1S/C15H16FNOS/c1-11-7-12(9-17)5-6-13(11)10-19(18)15-4-2-3-14(16)8-15/h2-8H,9-10,17H2,1H3. The number of aryl methyl sites for hydroxylation is 1. The lowest BCUT2D eigenvalue weighted by Gasteiger charge is -2.08. The highest BCUT2D eigenvalue weighted by Crippen LogP contribution is 2.17. The van der Waals surface area contributed by atoms with Crippen LogP contribution in [-0.2, 0) is 23.1 Å². The van der Waals surface area contributed by atoms with E-state index in [1.165, 1.54) is 12.1 Å². The van der Waals surface area contributed by atoms with Crippen LogP contribution in [-0.4, -0.2) is 4.21 Å². The first-order valence-corrected chi connectivity index (χ1v) is 7.34. The molecule has 2 aromatic carbocycles. The quantitative estimate of drug-likeness (QED) is 0.933. The number of hydrogen-bond donors (Lipinski definition) is 1. The second kappa shape index (κ2) is 6.08. The van der Waals surface area contributed by atoms with Crippen molar-refractivity contribution >= 4 is 10.8 Å². The Kier molecular flexibility index (Phi) is 4.45. The normalized spacial score (nSPS) is 12.4. The topological polar surface area (TPSA) is 43.1 Å². The van der Waals surface area contributed by atoms with Crippen LogP contribution in [0.1, 0.15) is 16.7 Å². The van der Waals surface area contributed by atoms with E-state index in [-0.39, 0.29) is 5.82 Å². The third kappa shape index (κ3) is 3.49. The average molecular weight is 277 g/mol. The molecule has 2 nitrogen and oxygen atoms in total. The Morgan fingerprint density at radius 1 is 1.21 bits per heavy atom. The van der Waals surface area contributed by atoms with Gasteiger partial charge in [-0.1, -0.05) is 24.3 Å². The zero-order valence-electron chi connectivity index (χ0n) is 10.7. The van der Waals surface area contributed by atoms with Crippen LogP contribution in [0.3, 0.4) is 0 Å². The number of benzene rings is 2. The van der Waals surface area contributed by atoms with Gasteiger partial charge in [0.05, 0.1) is 16.6 Å². The Morgan fingerprint density at radius 2 is 2.00 bits per heavy atom. The van der Waals surface area contributed by atoms with Gasteiger partial charge in [0.25, 0.3) is 0 Å². The van der Waals surface area contributed by atoms with Gasteiger partial charge in [-0.2, -0.15) is 0 Å². The average Bonchev–Trinajstić information content (AvgIpc) is 2.41. The molecule has 2 aromatic rings. The number of rotatable bonds is 4. The van der Waals surface area contributed by atoms with Crippen molar-refractivity contribution in [1.29, 1.82) is 0 Å². The van der Waals surface area contributed by atoms with Crippen molar-refractivity contribution < 1.29 is 8.60 Å². The minimum Gasteiger partial charge on any atom is -0.326 e. The van der Waals surface area contributed by atoms with E-state index in [0.717, 1.165) is 16.7 Å². The summed E-state index contributed by atoms with van der Waals surface area (Å²) in [5, 5.41) is 0. The molecule has 4 heteroatoms. The fourth-order valence-electron chi connectivity index (χ4n) is 1.88. The highest BCUT2D eigenvalue weighted by atomic mass is 32.2. The summed E-state index contributed by atoms with van der Waals surface area (Å²) in [7, 11) is -1.23. The molecule has 0 spiro atoms. The van der Waals surface area contributed by atoms with Crippen molar-refractivity contribution in [3.63, 3.8) is 0 Å². The van der Waals surface area contributed by atoms with E-state index in [1.807, 2.05) is 25.1 Å². The summed E-state index contributed by atoms with van der Waals surface area (Å²) in [6.07, 6.45) is 0. The molecule has 0 heterocycles. The molecular formula is C15H16FNOS. The van der Waals surface area contributed by atoms with Crippen LogP contribution < -0.4 is 5.73 Å². The Morgan fingerprint density at radius 3 is 2.63 bits per heavy atom. The summed E-state index contributed by atoms with van der Waals surface area (Å²) < 4.78 is 25.3. The van der Waals surface area contributed by atoms with Gasteiger partial charge in [0.1, 0.15) is 5.82 Å². The SMILES string of the molecule is Cc1cc(CN)ccc1CS(=O)c1cccc(F)c1. The van der Waals surface area contributed by atoms with Crippen molar-refractivity contribution in [3.8, 4) is 0 Å². The largest absolute Gasteiger partial charge is 0.326 e. The van der Waals surface area contributed by atoms with Crippen molar-refractivity contribution in [2.45, 2.75) is 24.1 Å². The van der Waals surface area contributed by atoms with Gasteiger partial charge in [-0.05, 0) is 41.8 Å². The minimum absolute atomic E-state index is 0.360. The highest BCUT2D eigenvalue weighted by molar-refractivity contribution is 7.84. The molecule has 0 saturated carbocycles. The molecular weight excluding hydrogens is 261 g/mol. The van der Waals surface area contributed by atoms with Crippen molar-refractivity contribution in [2.24, 2.45) is 5.73 Å². The van der Waals surface area contributed by atoms with Crippen LogP contribution >= 0.6 is 0 Å². The molecule has 0 aliphatic rings. The Balaban J connectivity index is 2.19. The van der Waals surface area contributed by atoms with E-state index in [1.54, 1.807) is 12.1 Å². The first kappa shape index (κ1) is 13.9. The molecule has 19 heavy (non-hydrogen) atoms. The third-order valence-corrected chi connectivity index (χ3v) is 4.34. The fraction of sp³-hybridized carbons (Fsp3) is 0.200. The summed E-state index contributed by atoms with van der Waals surface area (Å²) >= 11 is 0. The highest BCUT2D eigenvalue weighted by Gasteiger charge is 2.08. The molecule has 0 aliphatic heterocycles. The van der Waals surface area contributed by atoms with Crippen LogP contribution in [0.2, 0.25) is 0 Å². The van der Waals surface area contributed by atoms with Crippen LogP contribution in [0, 0.1) is 12.7 Å². The summed E-state index contributed by atoms with van der Waals surface area (Å²) in [4.78, 5) is 0.516. The maximum absolute atomic E-state index is 13.1. The second-order valence-corrected chi connectivity index (χ2v) is 5.86. The molecule has 0 aromatic heterocycles. The van der Waals surface area contributed by atoms with E-state index in [4.69, 9.17) is 5.73 Å². The molecule has 0 saturated heterocycles. The van der Waals surface area contributed by atoms with Crippen LogP contribution in [0.15, 0.2) is 47.4 Å². The fourth-order valence-corrected chi connectivity index (χ4v) is 3.13. The van der Waals surface area contributed by atoms with Crippen molar-refractivity contribution in [1.82, 2.24) is 0 Å². The summed E-state index contributed by atoms with van der Waals surface area (Å²) in [5.74, 6) is 0.0289. The Bertz CT molecular complexity index is 613. The predicted octanol–water partition coefficient (Wildman–Crippen LogP) is 2.90. The predicted molar refractivity (Wildman–Crippen MR) is 75.6 cm³/mol. The third-order valence-electron chi connectivity index (χ3n) is 2.99. The van der Waals surface area contributed by atoms with E-state index in [2.05, 4.69) is 0 Å². The van der Waals surface area contributed by atoms with Crippen LogP contribution in [0.25, 0.3) is 0 Å². The van der Waals surface area contributed by atoms with E-state index >= 15 is 0 Å². The molecule has 0 amide bonds. The molecule has 100 valence electrons. The molecule has 0 aliphatic carbocycles. The van der Waals surface area contributed by atoms with Gasteiger partial charge in [0.2, 0.25) is 0 Å². The molecule has 1 atom stereocenters. The van der Waals surface area contributed by atoms with E-state index < -0.39 is 10.8 Å². The number of halogens is 1. The van der Waals surface area contributed by atoms with Gasteiger partial charge in [-0.15, -0.1) is 0 Å².